The van der Waals surface area contributed by atoms with Gasteiger partial charge >= 0.3 is 0 Å². The second kappa shape index (κ2) is 16.7. The summed E-state index contributed by atoms with van der Waals surface area (Å²) in [6.07, 6.45) is 0. The number of hydrogen-bond acceptors (Lipinski definition) is 1. The topological polar surface area (TPSA) is 3.24 Å². The Labute approximate surface area is 408 Å². The van der Waals surface area contributed by atoms with E-state index in [-0.39, 0.29) is 11.3 Å². The van der Waals surface area contributed by atoms with Gasteiger partial charge in [0, 0.05) is 28.3 Å². The monoisotopic (exact) mass is 885 g/mol. The first-order valence-electron chi connectivity index (χ1n) is 24.7. The Morgan fingerprint density at radius 3 is 1.48 bits per heavy atom. The molecule has 1 unspecified atom stereocenters. The van der Waals surface area contributed by atoms with Gasteiger partial charge in [0.25, 0.3) is 0 Å². The summed E-state index contributed by atoms with van der Waals surface area (Å²) < 4.78 is 0. The number of rotatable bonds is 7. The third-order valence-corrected chi connectivity index (χ3v) is 15.4. The highest BCUT2D eigenvalue weighted by molar-refractivity contribution is 5.98. The quantitative estimate of drug-likeness (QED) is 0.154. The van der Waals surface area contributed by atoms with Gasteiger partial charge in [0.1, 0.15) is 0 Å². The van der Waals surface area contributed by atoms with Gasteiger partial charge in [-0.2, -0.15) is 0 Å². The van der Waals surface area contributed by atoms with Gasteiger partial charge in [-0.1, -0.05) is 235 Å². The van der Waals surface area contributed by atoms with E-state index in [1.54, 1.807) is 0 Å². The lowest BCUT2D eigenvalue weighted by Gasteiger charge is -2.36. The summed E-state index contributed by atoms with van der Waals surface area (Å²) in [4.78, 5) is 2.58. The predicted octanol–water partition coefficient (Wildman–Crippen LogP) is 18.3. The van der Waals surface area contributed by atoms with Gasteiger partial charge < -0.3 is 4.90 Å². The van der Waals surface area contributed by atoms with Gasteiger partial charge in [0.05, 0.1) is 11.1 Å². The molecule has 0 spiro atoms. The predicted molar refractivity (Wildman–Crippen MR) is 291 cm³/mol. The molecule has 0 N–H and O–H groups in total. The van der Waals surface area contributed by atoms with Crippen LogP contribution in [0.25, 0.3) is 55.6 Å². The molecule has 1 atom stereocenters. The van der Waals surface area contributed by atoms with Crippen LogP contribution in [0.4, 0.5) is 17.1 Å². The minimum atomic E-state index is -0.569. The smallest absolute Gasteiger partial charge is 0.0714 e. The summed E-state index contributed by atoms with van der Waals surface area (Å²) in [6, 6.07) is 88.9. The Morgan fingerprint density at radius 2 is 0.812 bits per heavy atom. The van der Waals surface area contributed by atoms with E-state index in [0.29, 0.717) is 0 Å². The van der Waals surface area contributed by atoms with Crippen LogP contribution in [0.5, 0.6) is 0 Å². The zero-order valence-electron chi connectivity index (χ0n) is 40.0. The molecule has 0 saturated carbocycles. The van der Waals surface area contributed by atoms with Crippen LogP contribution < -0.4 is 4.90 Å². The van der Waals surface area contributed by atoms with Gasteiger partial charge in [-0.05, 0) is 131 Å². The summed E-state index contributed by atoms with van der Waals surface area (Å²) in [5, 5.41) is 0. The maximum atomic E-state index is 2.58. The average molecular weight is 886 g/mol. The highest BCUT2D eigenvalue weighted by Gasteiger charge is 2.47. The van der Waals surface area contributed by atoms with E-state index >= 15 is 0 Å². The molecule has 10 aromatic rings. The first-order chi connectivity index (χ1) is 33.9. The molecule has 0 fully saturated rings. The fourth-order valence-electron chi connectivity index (χ4n) is 12.2. The van der Waals surface area contributed by atoms with Crippen molar-refractivity contribution in [2.75, 3.05) is 4.90 Å². The van der Waals surface area contributed by atoms with Crippen molar-refractivity contribution in [3.8, 4) is 55.6 Å². The maximum Gasteiger partial charge on any atom is 0.0714 e. The number of hydrogen-bond donors (Lipinski definition) is 0. The number of benzene rings is 10. The highest BCUT2D eigenvalue weighted by Crippen LogP contribution is 2.60. The summed E-state index contributed by atoms with van der Waals surface area (Å²) in [6.45, 7) is 11.1. The van der Waals surface area contributed by atoms with Gasteiger partial charge in [-0.3, -0.25) is 0 Å². The standard InChI is InChI=1S/C66H49N.C2H6/c1-43-51-25-13-14-26-52(51)53-37-35-49(39-57(43)53)67(50-36-38-56-54-27-15-17-29-60(54)65(2,3)62(56)40-50)64-42-63-59(41-58(64)46-33-31-45(32-34-46)44-19-7-4-8-20-44)55-28-16-18-30-61(55)66(63,47-21-9-5-10-22-47)48-23-11-6-12-24-48;1-2/h4-43H,1-3H3;1-2H3. The first-order valence-corrected chi connectivity index (χ1v) is 24.7. The maximum absolute atomic E-state index is 2.58. The van der Waals surface area contributed by atoms with Crippen LogP contribution in [-0.4, -0.2) is 0 Å². The molecule has 3 aliphatic carbocycles. The zero-order chi connectivity index (χ0) is 46.9. The zero-order valence-corrected chi connectivity index (χ0v) is 40.0. The van der Waals surface area contributed by atoms with Crippen molar-refractivity contribution in [2.24, 2.45) is 0 Å². The minimum absolute atomic E-state index is 0.173. The summed E-state index contributed by atoms with van der Waals surface area (Å²) in [5.41, 5.74) is 25.9. The van der Waals surface area contributed by atoms with Gasteiger partial charge in [0.15, 0.2) is 0 Å². The Hall–Kier alpha value is -8.00. The second-order valence-corrected chi connectivity index (χ2v) is 19.2. The van der Waals surface area contributed by atoms with Gasteiger partial charge in [-0.25, -0.2) is 0 Å². The van der Waals surface area contributed by atoms with Crippen molar-refractivity contribution >= 4 is 17.1 Å². The van der Waals surface area contributed by atoms with Crippen LogP contribution in [0.3, 0.4) is 0 Å². The Kier molecular flexibility index (Phi) is 10.2. The van der Waals surface area contributed by atoms with Crippen LogP contribution in [0.15, 0.2) is 237 Å². The average Bonchev–Trinajstić information content (AvgIpc) is 3.96. The Morgan fingerprint density at radius 1 is 0.333 bits per heavy atom. The molecule has 0 amide bonds. The third-order valence-electron chi connectivity index (χ3n) is 15.4. The van der Waals surface area contributed by atoms with Crippen molar-refractivity contribution in [3.63, 3.8) is 0 Å². The van der Waals surface area contributed by atoms with Crippen LogP contribution in [0.2, 0.25) is 0 Å². The number of nitrogens with zero attached hydrogens (tertiary/aromatic N) is 1. The Balaban J connectivity index is 0.00000243. The lowest BCUT2D eigenvalue weighted by atomic mass is 9.67. The van der Waals surface area contributed by atoms with Crippen molar-refractivity contribution in [3.05, 3.63) is 281 Å². The third kappa shape index (κ3) is 6.44. The van der Waals surface area contributed by atoms with E-state index in [4.69, 9.17) is 0 Å². The molecular formula is C68H55N. The largest absolute Gasteiger partial charge is 0.310 e. The minimum Gasteiger partial charge on any atom is -0.310 e. The fraction of sp³-hybridized carbons (Fsp3) is 0.118. The molecule has 1 heteroatoms. The van der Waals surface area contributed by atoms with E-state index in [1.165, 1.54) is 100 Å². The first kappa shape index (κ1) is 42.4. The molecule has 13 rings (SSSR count). The van der Waals surface area contributed by atoms with Gasteiger partial charge in [0.2, 0.25) is 0 Å². The molecular weight excluding hydrogens is 831 g/mol. The van der Waals surface area contributed by atoms with E-state index in [2.05, 4.69) is 262 Å². The molecule has 1 nitrogen and oxygen atoms in total. The fourth-order valence-corrected chi connectivity index (χ4v) is 12.2. The summed E-state index contributed by atoms with van der Waals surface area (Å²) >= 11 is 0. The molecule has 0 heterocycles. The van der Waals surface area contributed by atoms with Crippen LogP contribution in [0, 0.1) is 0 Å². The van der Waals surface area contributed by atoms with Crippen molar-refractivity contribution < 1.29 is 0 Å². The molecule has 3 aliphatic rings. The van der Waals surface area contributed by atoms with E-state index in [1.807, 2.05) is 13.8 Å². The Bertz CT molecular complexity index is 3510. The van der Waals surface area contributed by atoms with E-state index in [9.17, 15) is 0 Å². The second-order valence-electron chi connectivity index (χ2n) is 19.2. The van der Waals surface area contributed by atoms with Crippen molar-refractivity contribution in [1.82, 2.24) is 0 Å². The molecule has 0 bridgehead atoms. The molecule has 0 radical (unpaired) electrons. The number of anilines is 3. The molecule has 69 heavy (non-hydrogen) atoms. The SMILES string of the molecule is CC.CC1c2ccccc2-c2ccc(N(c3ccc4c(c3)C(C)(C)c3ccccc3-4)c3cc4c(cc3-c3ccc(-c5ccccc5)cc3)-c3ccccc3C4(c3ccccc3)c3ccccc3)cc21. The number of fused-ring (bicyclic) bond motifs is 9. The van der Waals surface area contributed by atoms with E-state index in [0.717, 1.165) is 17.1 Å². The molecule has 10 aromatic carbocycles. The van der Waals surface area contributed by atoms with Gasteiger partial charge in [-0.15, -0.1) is 0 Å². The highest BCUT2D eigenvalue weighted by atomic mass is 15.1. The summed E-state index contributed by atoms with van der Waals surface area (Å²) in [5.74, 6) is 0.268. The molecule has 0 aliphatic heterocycles. The lowest BCUT2D eigenvalue weighted by Crippen LogP contribution is -2.28. The molecule has 332 valence electrons. The van der Waals surface area contributed by atoms with Crippen LogP contribution >= 0.6 is 0 Å². The molecule has 0 saturated heterocycles. The summed E-state index contributed by atoms with van der Waals surface area (Å²) in [7, 11) is 0. The van der Waals surface area contributed by atoms with Crippen molar-refractivity contribution in [2.45, 2.75) is 51.4 Å². The van der Waals surface area contributed by atoms with Crippen LogP contribution in [0.1, 0.15) is 85.0 Å². The molecule has 0 aromatic heterocycles. The van der Waals surface area contributed by atoms with Crippen LogP contribution in [-0.2, 0) is 10.8 Å². The van der Waals surface area contributed by atoms with E-state index < -0.39 is 5.41 Å². The lowest BCUT2D eigenvalue weighted by molar-refractivity contribution is 0.660. The normalized spacial score (nSPS) is 14.8. The van der Waals surface area contributed by atoms with Crippen molar-refractivity contribution in [1.29, 1.82) is 0 Å².